The number of nitrogens with one attached hydrogen (secondary N) is 2. The fraction of sp³-hybridized carbons (Fsp3) is 0.188. The molecule has 1 heterocycles. The van der Waals surface area contributed by atoms with Gasteiger partial charge in [-0.25, -0.2) is 0 Å². The largest absolute Gasteiger partial charge is 0.454 e. The van der Waals surface area contributed by atoms with Gasteiger partial charge in [0, 0.05) is 11.6 Å². The van der Waals surface area contributed by atoms with Crippen LogP contribution in [0.15, 0.2) is 41.8 Å². The molecule has 0 aliphatic heterocycles. The minimum atomic E-state index is -0.683. The van der Waals surface area contributed by atoms with E-state index in [1.807, 2.05) is 6.07 Å². The lowest BCUT2D eigenvalue weighted by atomic mass is 10.2. The zero-order valence-corrected chi connectivity index (χ0v) is 14.2. The number of carbonyl (C=O) groups excluding carboxylic acids is 3. The van der Waals surface area contributed by atoms with Crippen LogP contribution in [0.25, 0.3) is 0 Å². The van der Waals surface area contributed by atoms with Crippen LogP contribution in [-0.2, 0) is 20.9 Å². The minimum Gasteiger partial charge on any atom is -0.454 e. The van der Waals surface area contributed by atoms with Gasteiger partial charge in [0.1, 0.15) is 6.54 Å². The van der Waals surface area contributed by atoms with E-state index >= 15 is 0 Å². The van der Waals surface area contributed by atoms with Gasteiger partial charge >= 0.3 is 5.97 Å². The summed E-state index contributed by atoms with van der Waals surface area (Å²) in [6.45, 7) is -0.418. The van der Waals surface area contributed by atoms with E-state index in [-0.39, 0.29) is 19.0 Å². The third kappa shape index (κ3) is 6.02. The summed E-state index contributed by atoms with van der Waals surface area (Å²) in [6, 6.07) is 10.4. The highest BCUT2D eigenvalue weighted by Crippen LogP contribution is 2.10. The van der Waals surface area contributed by atoms with Gasteiger partial charge in [-0.1, -0.05) is 29.8 Å². The topological polar surface area (TPSA) is 84.5 Å². The van der Waals surface area contributed by atoms with E-state index in [0.717, 1.165) is 5.56 Å². The Labute approximate surface area is 147 Å². The molecule has 126 valence electrons. The molecular formula is C16H15ClN2O4S. The van der Waals surface area contributed by atoms with Crippen LogP contribution in [0.4, 0.5) is 0 Å². The highest BCUT2D eigenvalue weighted by Gasteiger charge is 2.11. The van der Waals surface area contributed by atoms with Crippen molar-refractivity contribution in [2.24, 2.45) is 0 Å². The van der Waals surface area contributed by atoms with Gasteiger partial charge in [-0.15, -0.1) is 11.3 Å². The van der Waals surface area contributed by atoms with E-state index in [1.165, 1.54) is 11.3 Å². The average molecular weight is 367 g/mol. The van der Waals surface area contributed by atoms with Crippen LogP contribution in [0.3, 0.4) is 0 Å². The van der Waals surface area contributed by atoms with E-state index < -0.39 is 18.5 Å². The number of esters is 1. The Balaban J connectivity index is 1.64. The quantitative estimate of drug-likeness (QED) is 0.734. The standard InChI is InChI=1S/C16H15ClN2O4S/c17-12-4-1-3-11(7-12)8-18-14(20)10-23-15(21)9-19-16(22)13-5-2-6-24-13/h1-7H,8-10H2,(H,18,20)(H,19,22). The molecule has 2 rings (SSSR count). The Kier molecular flexibility index (Phi) is 6.77. The average Bonchev–Trinajstić information content (AvgIpc) is 3.10. The molecule has 0 aliphatic rings. The SMILES string of the molecule is O=C(COC(=O)CNC(=O)c1cccs1)NCc1cccc(Cl)c1. The van der Waals surface area contributed by atoms with Crippen molar-refractivity contribution in [3.8, 4) is 0 Å². The van der Waals surface area contributed by atoms with Gasteiger partial charge in [0.25, 0.3) is 11.8 Å². The maximum absolute atomic E-state index is 11.6. The van der Waals surface area contributed by atoms with Crippen molar-refractivity contribution in [1.29, 1.82) is 0 Å². The molecule has 0 atom stereocenters. The molecule has 6 nitrogen and oxygen atoms in total. The molecule has 0 saturated carbocycles. The molecule has 0 fully saturated rings. The lowest BCUT2D eigenvalue weighted by Gasteiger charge is -2.07. The number of amides is 2. The van der Waals surface area contributed by atoms with Crippen molar-refractivity contribution < 1.29 is 19.1 Å². The van der Waals surface area contributed by atoms with Crippen LogP contribution in [0, 0.1) is 0 Å². The molecule has 0 aliphatic carbocycles. The van der Waals surface area contributed by atoms with Crippen molar-refractivity contribution in [1.82, 2.24) is 10.6 Å². The number of rotatable bonds is 7. The summed E-state index contributed by atoms with van der Waals surface area (Å²) < 4.78 is 4.80. The summed E-state index contributed by atoms with van der Waals surface area (Å²) in [7, 11) is 0. The molecule has 2 N–H and O–H groups in total. The van der Waals surface area contributed by atoms with Gasteiger partial charge in [0.15, 0.2) is 6.61 Å². The molecule has 2 amide bonds. The van der Waals surface area contributed by atoms with E-state index in [4.69, 9.17) is 16.3 Å². The number of ether oxygens (including phenoxy) is 1. The molecule has 0 spiro atoms. The smallest absolute Gasteiger partial charge is 0.325 e. The maximum Gasteiger partial charge on any atom is 0.325 e. The summed E-state index contributed by atoms with van der Waals surface area (Å²) in [5.41, 5.74) is 0.838. The monoisotopic (exact) mass is 366 g/mol. The molecule has 24 heavy (non-hydrogen) atoms. The van der Waals surface area contributed by atoms with Gasteiger partial charge in [0.2, 0.25) is 0 Å². The van der Waals surface area contributed by atoms with Gasteiger partial charge in [0.05, 0.1) is 4.88 Å². The highest BCUT2D eigenvalue weighted by atomic mass is 35.5. The highest BCUT2D eigenvalue weighted by molar-refractivity contribution is 7.12. The number of carbonyl (C=O) groups is 3. The van der Waals surface area contributed by atoms with Crippen molar-refractivity contribution in [3.05, 3.63) is 57.2 Å². The molecule has 2 aromatic rings. The second kappa shape index (κ2) is 9.05. The summed E-state index contributed by atoms with van der Waals surface area (Å²) in [4.78, 5) is 35.3. The van der Waals surface area contributed by atoms with Gasteiger partial charge < -0.3 is 15.4 Å². The first-order valence-corrected chi connectivity index (χ1v) is 8.29. The maximum atomic E-state index is 11.6. The zero-order chi connectivity index (χ0) is 17.4. The Morgan fingerprint density at radius 2 is 1.96 bits per heavy atom. The minimum absolute atomic E-state index is 0.284. The first kappa shape index (κ1) is 18.0. The van der Waals surface area contributed by atoms with Crippen molar-refractivity contribution >= 4 is 40.7 Å². The predicted octanol–water partition coefficient (Wildman–Crippen LogP) is 1.99. The fourth-order valence-corrected chi connectivity index (χ4v) is 2.60. The number of benzene rings is 1. The van der Waals surface area contributed by atoms with E-state index in [0.29, 0.717) is 9.90 Å². The number of hydrogen-bond donors (Lipinski definition) is 2. The van der Waals surface area contributed by atoms with Crippen LogP contribution in [0.2, 0.25) is 5.02 Å². The zero-order valence-electron chi connectivity index (χ0n) is 12.6. The second-order valence-corrected chi connectivity index (χ2v) is 6.11. The third-order valence-electron chi connectivity index (χ3n) is 2.88. The van der Waals surface area contributed by atoms with Crippen LogP contribution >= 0.6 is 22.9 Å². The number of thiophene rings is 1. The van der Waals surface area contributed by atoms with Crippen molar-refractivity contribution in [2.75, 3.05) is 13.2 Å². The fourth-order valence-electron chi connectivity index (χ4n) is 1.74. The van der Waals surface area contributed by atoms with Crippen LogP contribution in [-0.4, -0.2) is 30.9 Å². The van der Waals surface area contributed by atoms with Crippen molar-refractivity contribution in [3.63, 3.8) is 0 Å². The van der Waals surface area contributed by atoms with Crippen LogP contribution in [0.1, 0.15) is 15.2 Å². The Bertz CT molecular complexity index is 719. The first-order valence-electron chi connectivity index (χ1n) is 7.03. The molecule has 8 heteroatoms. The molecule has 0 radical (unpaired) electrons. The van der Waals surface area contributed by atoms with Crippen LogP contribution < -0.4 is 10.6 Å². The molecule has 0 bridgehead atoms. The number of hydrogen-bond acceptors (Lipinski definition) is 5. The summed E-state index contributed by atoms with van der Waals surface area (Å²) >= 11 is 7.11. The molecule has 1 aromatic carbocycles. The molecular weight excluding hydrogens is 352 g/mol. The summed E-state index contributed by atoms with van der Waals surface area (Å²) in [5.74, 6) is -1.47. The molecule has 1 aromatic heterocycles. The van der Waals surface area contributed by atoms with Gasteiger partial charge in [-0.2, -0.15) is 0 Å². The van der Waals surface area contributed by atoms with E-state index in [1.54, 1.807) is 35.7 Å². The Morgan fingerprint density at radius 1 is 1.12 bits per heavy atom. The summed E-state index contributed by atoms with van der Waals surface area (Å²) in [6.07, 6.45) is 0. The lowest BCUT2D eigenvalue weighted by molar-refractivity contribution is -0.147. The molecule has 0 unspecified atom stereocenters. The number of halogens is 1. The molecule has 0 saturated heterocycles. The Hall–Kier alpha value is -2.38. The van der Waals surface area contributed by atoms with E-state index in [2.05, 4.69) is 10.6 Å². The van der Waals surface area contributed by atoms with E-state index in [9.17, 15) is 14.4 Å². The normalized spacial score (nSPS) is 10.0. The second-order valence-electron chi connectivity index (χ2n) is 4.73. The predicted molar refractivity (Wildman–Crippen MR) is 90.9 cm³/mol. The van der Waals surface area contributed by atoms with Crippen LogP contribution in [0.5, 0.6) is 0 Å². The Morgan fingerprint density at radius 3 is 2.67 bits per heavy atom. The third-order valence-corrected chi connectivity index (χ3v) is 3.98. The van der Waals surface area contributed by atoms with Gasteiger partial charge in [-0.3, -0.25) is 14.4 Å². The summed E-state index contributed by atoms with van der Waals surface area (Å²) in [5, 5.41) is 7.37. The van der Waals surface area contributed by atoms with Crippen molar-refractivity contribution in [2.45, 2.75) is 6.54 Å². The lowest BCUT2D eigenvalue weighted by Crippen LogP contribution is -2.33. The first-order chi connectivity index (χ1) is 11.5. The van der Waals surface area contributed by atoms with Gasteiger partial charge in [-0.05, 0) is 29.1 Å².